The van der Waals surface area contributed by atoms with E-state index >= 15 is 0 Å². The molecule has 1 aliphatic heterocycles. The van der Waals surface area contributed by atoms with Crippen LogP contribution >= 0.6 is 0 Å². The number of rotatable bonds is 3. The summed E-state index contributed by atoms with van der Waals surface area (Å²) in [7, 11) is 1.57. The maximum Gasteiger partial charge on any atom is 0.264 e. The number of nitrogens with one attached hydrogen (secondary N) is 1. The lowest BCUT2D eigenvalue weighted by Gasteiger charge is -2.18. The number of halogens is 1. The van der Waals surface area contributed by atoms with Gasteiger partial charge >= 0.3 is 0 Å². The van der Waals surface area contributed by atoms with Crippen LogP contribution in [0, 0.1) is 12.4 Å². The van der Waals surface area contributed by atoms with Crippen LogP contribution in [0.2, 0.25) is 0 Å². The van der Waals surface area contributed by atoms with Crippen LogP contribution in [0.1, 0.15) is 24.7 Å². The van der Waals surface area contributed by atoms with Crippen LogP contribution in [0.4, 0.5) is 10.1 Å². The monoisotopic (exact) mass is 364 g/mol. The number of hydrogen-bond donors (Lipinski definition) is 1. The molecule has 2 aromatic carbocycles. The number of benzene rings is 2. The molecule has 1 atom stereocenters. The van der Waals surface area contributed by atoms with Gasteiger partial charge < -0.3 is 10.1 Å². The van der Waals surface area contributed by atoms with Gasteiger partial charge in [0, 0.05) is 0 Å². The zero-order valence-electron chi connectivity index (χ0n) is 14.7. The van der Waals surface area contributed by atoms with Crippen molar-refractivity contribution in [2.75, 3.05) is 13.7 Å². The Balaban J connectivity index is 2.04. The van der Waals surface area contributed by atoms with Crippen molar-refractivity contribution in [1.29, 1.82) is 0 Å². The van der Waals surface area contributed by atoms with Crippen LogP contribution in [-0.4, -0.2) is 23.2 Å². The molecule has 136 valence electrons. The molecule has 1 aliphatic rings. The first-order valence-electron chi connectivity index (χ1n) is 8.64. The van der Waals surface area contributed by atoms with Crippen LogP contribution in [0.5, 0.6) is 5.75 Å². The second kappa shape index (κ2) is 6.82. The Morgan fingerprint density at radius 1 is 1.33 bits per heavy atom. The minimum Gasteiger partial charge on any atom is -0.497 e. The summed E-state index contributed by atoms with van der Waals surface area (Å²) < 4.78 is 21.2. The van der Waals surface area contributed by atoms with Gasteiger partial charge in [0.05, 0.1) is 30.8 Å². The standard InChI is InChI=1S/C20H17FN4O2/c1-22-12-10-15-18(16(21)11-12)24-19(17-4-3-9-23-17)25(20(15)26)13-5-7-14(27-2)8-6-13/h5-8,10-11,17,23H,3-4,9H2,2H3/t17-/m1/s1. The topological polar surface area (TPSA) is 60.5 Å². The highest BCUT2D eigenvalue weighted by Crippen LogP contribution is 2.28. The molecule has 0 aliphatic carbocycles. The van der Waals surface area contributed by atoms with Crippen LogP contribution in [0.25, 0.3) is 21.4 Å². The van der Waals surface area contributed by atoms with E-state index in [1.54, 1.807) is 31.4 Å². The maximum atomic E-state index is 14.5. The Morgan fingerprint density at radius 2 is 2.11 bits per heavy atom. The van der Waals surface area contributed by atoms with Crippen LogP contribution < -0.4 is 15.6 Å². The molecule has 0 radical (unpaired) electrons. The molecule has 1 N–H and O–H groups in total. The summed E-state index contributed by atoms with van der Waals surface area (Å²) in [4.78, 5) is 21.0. The Bertz CT molecular complexity index is 1110. The predicted octanol–water partition coefficient (Wildman–Crippen LogP) is 3.51. The maximum absolute atomic E-state index is 14.5. The third-order valence-corrected chi connectivity index (χ3v) is 4.77. The highest BCUT2D eigenvalue weighted by atomic mass is 19.1. The van der Waals surface area contributed by atoms with Crippen LogP contribution in [0.15, 0.2) is 41.2 Å². The molecule has 0 spiro atoms. The van der Waals surface area contributed by atoms with Crippen molar-refractivity contribution in [3.8, 4) is 11.4 Å². The first-order chi connectivity index (χ1) is 13.1. The van der Waals surface area contributed by atoms with Gasteiger partial charge in [-0.15, -0.1) is 0 Å². The van der Waals surface area contributed by atoms with E-state index in [2.05, 4.69) is 15.1 Å². The van der Waals surface area contributed by atoms with E-state index < -0.39 is 11.4 Å². The van der Waals surface area contributed by atoms with Gasteiger partial charge in [-0.1, -0.05) is 0 Å². The van der Waals surface area contributed by atoms with E-state index in [0.717, 1.165) is 25.5 Å². The van der Waals surface area contributed by atoms with Crippen molar-refractivity contribution in [2.45, 2.75) is 18.9 Å². The van der Waals surface area contributed by atoms with E-state index in [4.69, 9.17) is 11.3 Å². The quantitative estimate of drug-likeness (QED) is 0.723. The molecule has 0 amide bonds. The average molecular weight is 364 g/mol. The van der Waals surface area contributed by atoms with Crippen molar-refractivity contribution in [3.05, 3.63) is 69.8 Å². The first-order valence-corrected chi connectivity index (χ1v) is 8.64. The van der Waals surface area contributed by atoms with Crippen molar-refractivity contribution in [3.63, 3.8) is 0 Å². The van der Waals surface area contributed by atoms with Gasteiger partial charge in [0.25, 0.3) is 5.56 Å². The lowest BCUT2D eigenvalue weighted by atomic mass is 10.1. The van der Waals surface area contributed by atoms with Crippen molar-refractivity contribution in [1.82, 2.24) is 14.9 Å². The van der Waals surface area contributed by atoms with Gasteiger partial charge in [-0.3, -0.25) is 9.36 Å². The van der Waals surface area contributed by atoms with Crippen LogP contribution in [-0.2, 0) is 0 Å². The van der Waals surface area contributed by atoms with Crippen molar-refractivity contribution < 1.29 is 9.13 Å². The molecule has 1 fully saturated rings. The molecule has 1 aromatic heterocycles. The number of fused-ring (bicyclic) bond motifs is 1. The number of hydrogen-bond acceptors (Lipinski definition) is 4. The fraction of sp³-hybridized carbons (Fsp3) is 0.250. The second-order valence-corrected chi connectivity index (χ2v) is 6.39. The lowest BCUT2D eigenvalue weighted by Crippen LogP contribution is -2.29. The number of methoxy groups -OCH3 is 1. The largest absolute Gasteiger partial charge is 0.497 e. The Kier molecular flexibility index (Phi) is 4.34. The number of ether oxygens (including phenoxy) is 1. The third-order valence-electron chi connectivity index (χ3n) is 4.77. The first kappa shape index (κ1) is 17.2. The Hall–Kier alpha value is -3.24. The van der Waals surface area contributed by atoms with E-state index in [-0.39, 0.29) is 22.6 Å². The normalized spacial score (nSPS) is 16.4. The summed E-state index contributed by atoms with van der Waals surface area (Å²) in [6, 6.07) is 9.42. The van der Waals surface area contributed by atoms with Crippen molar-refractivity contribution in [2.24, 2.45) is 0 Å². The zero-order chi connectivity index (χ0) is 19.0. The van der Waals surface area contributed by atoms with Crippen LogP contribution in [0.3, 0.4) is 0 Å². The van der Waals surface area contributed by atoms with E-state index in [1.807, 2.05) is 0 Å². The molecule has 2 heterocycles. The van der Waals surface area contributed by atoms with Crippen molar-refractivity contribution >= 4 is 16.6 Å². The fourth-order valence-corrected chi connectivity index (χ4v) is 3.43. The molecule has 1 saturated heterocycles. The molecule has 0 bridgehead atoms. The van der Waals surface area contributed by atoms with Gasteiger partial charge in [0.15, 0.2) is 5.69 Å². The van der Waals surface area contributed by atoms with E-state index in [0.29, 0.717) is 17.3 Å². The highest BCUT2D eigenvalue weighted by molar-refractivity contribution is 5.83. The third kappa shape index (κ3) is 2.94. The van der Waals surface area contributed by atoms with E-state index in [1.165, 1.54) is 10.6 Å². The second-order valence-electron chi connectivity index (χ2n) is 6.39. The Morgan fingerprint density at radius 3 is 2.74 bits per heavy atom. The smallest absolute Gasteiger partial charge is 0.264 e. The summed E-state index contributed by atoms with van der Waals surface area (Å²) in [5.74, 6) is 0.490. The van der Waals surface area contributed by atoms with Gasteiger partial charge in [-0.05, 0) is 55.8 Å². The molecule has 0 unspecified atom stereocenters. The van der Waals surface area contributed by atoms with E-state index in [9.17, 15) is 9.18 Å². The number of aromatic nitrogens is 2. The number of nitrogens with zero attached hydrogens (tertiary/aromatic N) is 3. The zero-order valence-corrected chi connectivity index (χ0v) is 14.7. The molecule has 7 heteroatoms. The summed E-state index contributed by atoms with van der Waals surface area (Å²) in [5.41, 5.74) is 0.304. The van der Waals surface area contributed by atoms with Gasteiger partial charge in [-0.2, -0.15) is 0 Å². The molecule has 0 saturated carbocycles. The summed E-state index contributed by atoms with van der Waals surface area (Å²) in [6.07, 6.45) is 1.77. The van der Waals surface area contributed by atoms with Gasteiger partial charge in [-0.25, -0.2) is 14.2 Å². The predicted molar refractivity (Wildman–Crippen MR) is 100 cm³/mol. The summed E-state index contributed by atoms with van der Waals surface area (Å²) in [5, 5.41) is 3.42. The molecule has 27 heavy (non-hydrogen) atoms. The SMILES string of the molecule is [C-]#[N+]c1cc(F)c2nc([C@H]3CCCN3)n(-c3ccc(OC)cc3)c(=O)c2c1. The molecule has 4 rings (SSSR count). The molecule has 3 aromatic rings. The van der Waals surface area contributed by atoms with Gasteiger partial charge in [0.1, 0.15) is 22.9 Å². The summed E-state index contributed by atoms with van der Waals surface area (Å²) >= 11 is 0. The minimum absolute atomic E-state index is 0.000798. The minimum atomic E-state index is -0.656. The average Bonchev–Trinajstić information content (AvgIpc) is 3.23. The van der Waals surface area contributed by atoms with Gasteiger partial charge in [0.2, 0.25) is 0 Å². The lowest BCUT2D eigenvalue weighted by molar-refractivity contribution is 0.414. The Labute approximate surface area is 155 Å². The molecular formula is C20H17FN4O2. The summed E-state index contributed by atoms with van der Waals surface area (Å²) in [6.45, 7) is 7.95. The molecular weight excluding hydrogens is 347 g/mol. The molecule has 6 nitrogen and oxygen atoms in total. The fourth-order valence-electron chi connectivity index (χ4n) is 3.43. The highest BCUT2D eigenvalue weighted by Gasteiger charge is 2.25.